The fourth-order valence-corrected chi connectivity index (χ4v) is 0.971. The number of nitrogens with zero attached hydrogens (tertiary/aromatic N) is 2. The summed E-state index contributed by atoms with van der Waals surface area (Å²) < 4.78 is 0. The van der Waals surface area contributed by atoms with E-state index in [0.717, 1.165) is 18.1 Å². The Morgan fingerprint density at radius 2 is 2.27 bits per heavy atom. The molecule has 0 saturated carbocycles. The van der Waals surface area contributed by atoms with Crippen LogP contribution in [-0.2, 0) is 12.3 Å². The molecule has 1 rings (SSSR count). The van der Waals surface area contributed by atoms with Gasteiger partial charge in [0.2, 0.25) is 0 Å². The third-order valence-corrected chi connectivity index (χ3v) is 1.55. The van der Waals surface area contributed by atoms with Crippen molar-refractivity contribution in [2.45, 2.75) is 26.1 Å². The molecule has 0 radical (unpaired) electrons. The van der Waals surface area contributed by atoms with Crippen molar-refractivity contribution < 1.29 is 0 Å². The predicted octanol–water partition coefficient (Wildman–Crippen LogP) is 1.74. The summed E-state index contributed by atoms with van der Waals surface area (Å²) >= 11 is 5.54. The zero-order valence-corrected chi connectivity index (χ0v) is 7.52. The van der Waals surface area contributed by atoms with Gasteiger partial charge < -0.3 is 0 Å². The highest BCUT2D eigenvalue weighted by Crippen LogP contribution is 2.03. The fourth-order valence-electron chi connectivity index (χ4n) is 0.851. The maximum atomic E-state index is 5.54. The summed E-state index contributed by atoms with van der Waals surface area (Å²) in [4.78, 5) is 4.17. The Morgan fingerprint density at radius 1 is 1.55 bits per heavy atom. The molecule has 1 aromatic heterocycles. The zero-order chi connectivity index (χ0) is 8.27. The van der Waals surface area contributed by atoms with Gasteiger partial charge in [0.1, 0.15) is 5.82 Å². The van der Waals surface area contributed by atoms with Gasteiger partial charge in [-0.1, -0.05) is 13.8 Å². The molecule has 0 aliphatic rings. The molecule has 0 saturated heterocycles. The van der Waals surface area contributed by atoms with Gasteiger partial charge in [-0.15, -0.1) is 11.6 Å². The van der Waals surface area contributed by atoms with Crippen molar-refractivity contribution in [2.24, 2.45) is 5.92 Å². The highest BCUT2D eigenvalue weighted by molar-refractivity contribution is 6.16. The largest absolute Gasteiger partial charge is 0.262 e. The van der Waals surface area contributed by atoms with Gasteiger partial charge in [-0.05, 0) is 5.92 Å². The topological polar surface area (TPSA) is 41.6 Å². The van der Waals surface area contributed by atoms with Crippen molar-refractivity contribution >= 4 is 11.6 Å². The van der Waals surface area contributed by atoms with Gasteiger partial charge in [-0.3, -0.25) is 5.10 Å². The van der Waals surface area contributed by atoms with Gasteiger partial charge in [0.15, 0.2) is 5.82 Å². The summed E-state index contributed by atoms with van der Waals surface area (Å²) in [5.41, 5.74) is 0. The number of aromatic nitrogens is 3. The molecule has 1 N–H and O–H groups in total. The molecule has 0 aliphatic carbocycles. The van der Waals surface area contributed by atoms with Crippen LogP contribution in [0.25, 0.3) is 0 Å². The van der Waals surface area contributed by atoms with Crippen LogP contribution in [-0.4, -0.2) is 15.2 Å². The SMILES string of the molecule is CC(C)Cc1n[nH]c(CCl)n1. The first-order valence-corrected chi connectivity index (χ1v) is 4.22. The molecular weight excluding hydrogens is 162 g/mol. The van der Waals surface area contributed by atoms with Gasteiger partial charge in [0, 0.05) is 6.42 Å². The van der Waals surface area contributed by atoms with Crippen molar-refractivity contribution in [3.05, 3.63) is 11.6 Å². The number of hydrogen-bond acceptors (Lipinski definition) is 2. The minimum Gasteiger partial charge on any atom is -0.262 e. The number of halogens is 1. The van der Waals surface area contributed by atoms with Crippen molar-refractivity contribution in [1.82, 2.24) is 15.2 Å². The zero-order valence-electron chi connectivity index (χ0n) is 6.76. The number of alkyl halides is 1. The third kappa shape index (κ3) is 2.50. The molecule has 3 nitrogen and oxygen atoms in total. The standard InChI is InChI=1S/C7H12ClN3/c1-5(2)3-6-9-7(4-8)11-10-6/h5H,3-4H2,1-2H3,(H,9,10,11). The van der Waals surface area contributed by atoms with Crippen molar-refractivity contribution in [2.75, 3.05) is 0 Å². The molecule has 0 amide bonds. The molecule has 4 heteroatoms. The number of H-pyrrole nitrogens is 1. The number of rotatable bonds is 3. The predicted molar refractivity (Wildman–Crippen MR) is 44.5 cm³/mol. The van der Waals surface area contributed by atoms with E-state index in [9.17, 15) is 0 Å². The molecule has 0 fully saturated rings. The van der Waals surface area contributed by atoms with Crippen LogP contribution < -0.4 is 0 Å². The Hall–Kier alpha value is -0.570. The monoisotopic (exact) mass is 173 g/mol. The molecule has 0 bridgehead atoms. The summed E-state index contributed by atoms with van der Waals surface area (Å²) in [5.74, 6) is 2.61. The maximum Gasteiger partial charge on any atom is 0.151 e. The minimum atomic E-state index is 0.408. The van der Waals surface area contributed by atoms with Crippen LogP contribution in [0.3, 0.4) is 0 Å². The van der Waals surface area contributed by atoms with E-state index in [1.807, 2.05) is 0 Å². The molecule has 0 atom stereocenters. The van der Waals surface area contributed by atoms with Crippen molar-refractivity contribution in [1.29, 1.82) is 0 Å². The first-order chi connectivity index (χ1) is 5.22. The summed E-state index contributed by atoms with van der Waals surface area (Å²) in [6, 6.07) is 0. The summed E-state index contributed by atoms with van der Waals surface area (Å²) in [6.07, 6.45) is 0.910. The lowest BCUT2D eigenvalue weighted by molar-refractivity contribution is 0.622. The van der Waals surface area contributed by atoms with Gasteiger partial charge in [0.05, 0.1) is 5.88 Å². The first-order valence-electron chi connectivity index (χ1n) is 3.68. The molecule has 0 aliphatic heterocycles. The van der Waals surface area contributed by atoms with Crippen molar-refractivity contribution in [3.63, 3.8) is 0 Å². The van der Waals surface area contributed by atoms with Crippen LogP contribution in [0.2, 0.25) is 0 Å². The summed E-state index contributed by atoms with van der Waals surface area (Å²) in [6.45, 7) is 4.27. The van der Waals surface area contributed by atoms with Gasteiger partial charge in [0.25, 0.3) is 0 Å². The quantitative estimate of drug-likeness (QED) is 0.708. The lowest BCUT2D eigenvalue weighted by atomic mass is 10.1. The van der Waals surface area contributed by atoms with E-state index in [1.54, 1.807) is 0 Å². The van der Waals surface area contributed by atoms with Crippen LogP contribution in [0.4, 0.5) is 0 Å². The van der Waals surface area contributed by atoms with Gasteiger partial charge >= 0.3 is 0 Å². The Balaban J connectivity index is 2.58. The Labute approximate surface area is 71.2 Å². The van der Waals surface area contributed by atoms with E-state index in [0.29, 0.717) is 11.8 Å². The van der Waals surface area contributed by atoms with E-state index in [1.165, 1.54) is 0 Å². The molecule has 0 unspecified atom stereocenters. The van der Waals surface area contributed by atoms with E-state index < -0.39 is 0 Å². The molecule has 1 heterocycles. The second-order valence-corrected chi connectivity index (χ2v) is 3.20. The lowest BCUT2D eigenvalue weighted by Crippen LogP contribution is -1.95. The molecule has 62 valence electrons. The van der Waals surface area contributed by atoms with E-state index in [-0.39, 0.29) is 0 Å². The molecule has 0 spiro atoms. The van der Waals surface area contributed by atoms with Crippen LogP contribution >= 0.6 is 11.6 Å². The summed E-state index contributed by atoms with van der Waals surface area (Å²) in [5, 5.41) is 6.77. The maximum absolute atomic E-state index is 5.54. The van der Waals surface area contributed by atoms with E-state index in [2.05, 4.69) is 29.0 Å². The Morgan fingerprint density at radius 3 is 2.73 bits per heavy atom. The second kappa shape index (κ2) is 3.72. The highest BCUT2D eigenvalue weighted by atomic mass is 35.5. The summed E-state index contributed by atoms with van der Waals surface area (Å²) in [7, 11) is 0. The average Bonchev–Trinajstić information content (AvgIpc) is 2.34. The van der Waals surface area contributed by atoms with Crippen LogP contribution in [0.1, 0.15) is 25.5 Å². The molecule has 11 heavy (non-hydrogen) atoms. The molecule has 1 aromatic rings. The van der Waals surface area contributed by atoms with Gasteiger partial charge in [-0.2, -0.15) is 5.10 Å². The molecular formula is C7H12ClN3. The minimum absolute atomic E-state index is 0.408. The first kappa shape index (κ1) is 8.53. The number of hydrogen-bond donors (Lipinski definition) is 1. The second-order valence-electron chi connectivity index (χ2n) is 2.93. The normalized spacial score (nSPS) is 10.9. The third-order valence-electron chi connectivity index (χ3n) is 1.30. The number of nitrogens with one attached hydrogen (secondary N) is 1. The number of aromatic amines is 1. The Bertz CT molecular complexity index is 219. The average molecular weight is 174 g/mol. The van der Waals surface area contributed by atoms with Crippen molar-refractivity contribution in [3.8, 4) is 0 Å². The fraction of sp³-hybridized carbons (Fsp3) is 0.714. The smallest absolute Gasteiger partial charge is 0.151 e. The molecule has 0 aromatic carbocycles. The Kier molecular flexibility index (Phi) is 2.88. The van der Waals surface area contributed by atoms with Crippen LogP contribution in [0.5, 0.6) is 0 Å². The van der Waals surface area contributed by atoms with Crippen LogP contribution in [0.15, 0.2) is 0 Å². The van der Waals surface area contributed by atoms with Gasteiger partial charge in [-0.25, -0.2) is 4.98 Å². The van der Waals surface area contributed by atoms with E-state index in [4.69, 9.17) is 11.6 Å². The highest BCUT2D eigenvalue weighted by Gasteiger charge is 2.03. The lowest BCUT2D eigenvalue weighted by Gasteiger charge is -1.96. The van der Waals surface area contributed by atoms with Crippen LogP contribution in [0, 0.1) is 5.92 Å². The van der Waals surface area contributed by atoms with E-state index >= 15 is 0 Å².